The largest absolute Gasteiger partial charge is 0.390 e. The third-order valence-electron chi connectivity index (χ3n) is 3.85. The Balaban J connectivity index is 2.23. The van der Waals surface area contributed by atoms with Crippen LogP contribution < -0.4 is 0 Å². The Morgan fingerprint density at radius 2 is 1.60 bits per heavy atom. The second kappa shape index (κ2) is 9.12. The predicted molar refractivity (Wildman–Crippen MR) is 83.3 cm³/mol. The van der Waals surface area contributed by atoms with Gasteiger partial charge in [-0.2, -0.15) is 0 Å². The molecule has 20 heavy (non-hydrogen) atoms. The summed E-state index contributed by atoms with van der Waals surface area (Å²) in [5.74, 6) is -0.215. The third-order valence-corrected chi connectivity index (χ3v) is 3.85. The minimum Gasteiger partial charge on any atom is -0.390 e. The number of benzene rings is 1. The van der Waals surface area contributed by atoms with Gasteiger partial charge in [0.15, 0.2) is 0 Å². The van der Waals surface area contributed by atoms with E-state index < -0.39 is 5.60 Å². The summed E-state index contributed by atoms with van der Waals surface area (Å²) in [7, 11) is 0. The van der Waals surface area contributed by atoms with Crippen molar-refractivity contribution < 1.29 is 9.50 Å². The molecule has 0 amide bonds. The number of unbranched alkanes of at least 4 members (excludes halogenated alkanes) is 6. The van der Waals surface area contributed by atoms with Crippen molar-refractivity contribution in [1.82, 2.24) is 0 Å². The van der Waals surface area contributed by atoms with Gasteiger partial charge in [-0.15, -0.1) is 0 Å². The van der Waals surface area contributed by atoms with Crippen LogP contribution in [0.3, 0.4) is 0 Å². The summed E-state index contributed by atoms with van der Waals surface area (Å²) in [4.78, 5) is 0. The van der Waals surface area contributed by atoms with Gasteiger partial charge in [-0.3, -0.25) is 0 Å². The summed E-state index contributed by atoms with van der Waals surface area (Å²) in [6.45, 7) is 4.04. The molecule has 1 N–H and O–H groups in total. The molecule has 1 nitrogen and oxygen atoms in total. The van der Waals surface area contributed by atoms with Crippen molar-refractivity contribution in [2.24, 2.45) is 0 Å². The first-order chi connectivity index (χ1) is 9.55. The molecule has 0 heterocycles. The van der Waals surface area contributed by atoms with Crippen molar-refractivity contribution >= 4 is 0 Å². The van der Waals surface area contributed by atoms with Crippen LogP contribution in [-0.2, 0) is 6.42 Å². The van der Waals surface area contributed by atoms with Gasteiger partial charge in [-0.05, 0) is 25.0 Å². The molecule has 0 bridgehead atoms. The average Bonchev–Trinajstić information content (AvgIpc) is 2.40. The minimum atomic E-state index is -0.800. The van der Waals surface area contributed by atoms with E-state index in [0.717, 1.165) is 19.3 Å². The Morgan fingerprint density at radius 1 is 1.00 bits per heavy atom. The number of hydrogen-bond donors (Lipinski definition) is 1. The van der Waals surface area contributed by atoms with Crippen LogP contribution in [0.4, 0.5) is 4.39 Å². The van der Waals surface area contributed by atoms with Crippen LogP contribution in [0.5, 0.6) is 0 Å². The van der Waals surface area contributed by atoms with E-state index in [-0.39, 0.29) is 5.82 Å². The van der Waals surface area contributed by atoms with Gasteiger partial charge >= 0.3 is 0 Å². The van der Waals surface area contributed by atoms with E-state index in [1.807, 2.05) is 13.0 Å². The molecule has 0 fully saturated rings. The van der Waals surface area contributed by atoms with Crippen LogP contribution in [-0.4, -0.2) is 10.7 Å². The van der Waals surface area contributed by atoms with Crippen molar-refractivity contribution in [3.05, 3.63) is 35.6 Å². The molecular weight excluding hydrogens is 251 g/mol. The van der Waals surface area contributed by atoms with E-state index in [1.54, 1.807) is 12.1 Å². The van der Waals surface area contributed by atoms with Crippen molar-refractivity contribution in [2.45, 2.75) is 77.2 Å². The molecule has 2 heteroatoms. The lowest BCUT2D eigenvalue weighted by molar-refractivity contribution is 0.0476. The van der Waals surface area contributed by atoms with Crippen molar-refractivity contribution in [3.63, 3.8) is 0 Å². The molecule has 1 atom stereocenters. The van der Waals surface area contributed by atoms with Crippen molar-refractivity contribution in [3.8, 4) is 0 Å². The van der Waals surface area contributed by atoms with Crippen molar-refractivity contribution in [2.75, 3.05) is 0 Å². The Labute approximate surface area is 123 Å². The second-order valence-electron chi connectivity index (χ2n) is 6.14. The zero-order valence-electron chi connectivity index (χ0n) is 13.0. The zero-order chi connectivity index (χ0) is 14.8. The van der Waals surface area contributed by atoms with Gasteiger partial charge in [0.1, 0.15) is 5.82 Å². The monoisotopic (exact) mass is 280 g/mol. The van der Waals surface area contributed by atoms with Crippen LogP contribution in [0, 0.1) is 5.82 Å². The molecular formula is C18H29FO. The van der Waals surface area contributed by atoms with Gasteiger partial charge < -0.3 is 5.11 Å². The third kappa shape index (κ3) is 7.04. The summed E-state index contributed by atoms with van der Waals surface area (Å²) < 4.78 is 13.6. The Kier molecular flexibility index (Phi) is 7.83. The Morgan fingerprint density at radius 3 is 2.25 bits per heavy atom. The maximum Gasteiger partial charge on any atom is 0.126 e. The number of hydrogen-bond acceptors (Lipinski definition) is 1. The van der Waals surface area contributed by atoms with E-state index in [1.165, 1.54) is 38.2 Å². The van der Waals surface area contributed by atoms with Crippen LogP contribution in [0.1, 0.15) is 70.8 Å². The smallest absolute Gasteiger partial charge is 0.126 e. The molecule has 0 aliphatic heterocycles. The molecule has 0 saturated heterocycles. The van der Waals surface area contributed by atoms with Gasteiger partial charge in [0.25, 0.3) is 0 Å². The molecule has 114 valence electrons. The van der Waals surface area contributed by atoms with E-state index in [2.05, 4.69) is 6.92 Å². The fraction of sp³-hybridized carbons (Fsp3) is 0.667. The lowest BCUT2D eigenvalue weighted by Crippen LogP contribution is -2.27. The SMILES string of the molecule is CCCCCCCCCC(C)(O)Cc1ccccc1F. The molecule has 0 aromatic heterocycles. The molecule has 0 spiro atoms. The van der Waals surface area contributed by atoms with Crippen molar-refractivity contribution in [1.29, 1.82) is 0 Å². The first-order valence-corrected chi connectivity index (χ1v) is 8.01. The number of halogens is 1. The molecule has 1 unspecified atom stereocenters. The fourth-order valence-electron chi connectivity index (χ4n) is 2.60. The molecule has 1 rings (SSSR count). The molecule has 0 aliphatic rings. The summed E-state index contributed by atoms with van der Waals surface area (Å²) in [5.41, 5.74) is -0.188. The van der Waals surface area contributed by atoms with Gasteiger partial charge in [-0.25, -0.2) is 4.39 Å². The van der Waals surface area contributed by atoms with Crippen LogP contribution in [0.2, 0.25) is 0 Å². The lowest BCUT2D eigenvalue weighted by Gasteiger charge is -2.23. The standard InChI is InChI=1S/C18H29FO/c1-3-4-5-6-7-8-11-14-18(2,20)15-16-12-9-10-13-17(16)19/h9-10,12-13,20H,3-8,11,14-15H2,1-2H3. The van der Waals surface area contributed by atoms with E-state index in [4.69, 9.17) is 0 Å². The Hall–Kier alpha value is -0.890. The quantitative estimate of drug-likeness (QED) is 0.580. The van der Waals surface area contributed by atoms with Gasteiger partial charge in [-0.1, -0.05) is 70.1 Å². The van der Waals surface area contributed by atoms with Crippen LogP contribution >= 0.6 is 0 Å². The van der Waals surface area contributed by atoms with Crippen LogP contribution in [0.15, 0.2) is 24.3 Å². The highest BCUT2D eigenvalue weighted by atomic mass is 19.1. The molecule has 0 radical (unpaired) electrons. The van der Waals surface area contributed by atoms with Gasteiger partial charge in [0.05, 0.1) is 5.60 Å². The number of rotatable bonds is 10. The first kappa shape index (κ1) is 17.2. The van der Waals surface area contributed by atoms with E-state index >= 15 is 0 Å². The molecule has 1 aromatic rings. The summed E-state index contributed by atoms with van der Waals surface area (Å²) >= 11 is 0. The first-order valence-electron chi connectivity index (χ1n) is 8.01. The minimum absolute atomic E-state index is 0.215. The summed E-state index contributed by atoms with van der Waals surface area (Å²) in [6, 6.07) is 6.72. The summed E-state index contributed by atoms with van der Waals surface area (Å²) in [5, 5.41) is 10.4. The maximum absolute atomic E-state index is 13.6. The second-order valence-corrected chi connectivity index (χ2v) is 6.14. The zero-order valence-corrected chi connectivity index (χ0v) is 13.0. The maximum atomic E-state index is 13.6. The van der Waals surface area contributed by atoms with E-state index in [0.29, 0.717) is 12.0 Å². The van der Waals surface area contributed by atoms with E-state index in [9.17, 15) is 9.50 Å². The van der Waals surface area contributed by atoms with Gasteiger partial charge in [0, 0.05) is 6.42 Å². The average molecular weight is 280 g/mol. The highest BCUT2D eigenvalue weighted by Crippen LogP contribution is 2.22. The summed E-state index contributed by atoms with van der Waals surface area (Å²) in [6.07, 6.45) is 9.79. The predicted octanol–water partition coefficient (Wildman–Crippen LogP) is 5.26. The van der Waals surface area contributed by atoms with Crippen LogP contribution in [0.25, 0.3) is 0 Å². The lowest BCUT2D eigenvalue weighted by atomic mass is 9.90. The van der Waals surface area contributed by atoms with Gasteiger partial charge in [0.2, 0.25) is 0 Å². The Bertz CT molecular complexity index is 373. The fourth-order valence-corrected chi connectivity index (χ4v) is 2.60. The molecule has 0 saturated carbocycles. The molecule has 1 aromatic carbocycles. The topological polar surface area (TPSA) is 20.2 Å². The normalized spacial score (nSPS) is 14.2. The number of aliphatic hydroxyl groups is 1. The highest BCUT2D eigenvalue weighted by molar-refractivity contribution is 5.19. The molecule has 0 aliphatic carbocycles. The highest BCUT2D eigenvalue weighted by Gasteiger charge is 2.21.